The summed E-state index contributed by atoms with van der Waals surface area (Å²) in [6, 6.07) is 8.85. The first-order chi connectivity index (χ1) is 11.9. The van der Waals surface area contributed by atoms with Crippen molar-refractivity contribution in [1.29, 1.82) is 0 Å². The molecule has 0 aromatic heterocycles. The number of aliphatic imine (C=N–C) groups is 1. The zero-order valence-corrected chi connectivity index (χ0v) is 16.1. The summed E-state index contributed by atoms with van der Waals surface area (Å²) >= 11 is 0. The molecule has 0 saturated heterocycles. The number of nitrogens with one attached hydrogen (secondary N) is 2. The molecule has 5 nitrogen and oxygen atoms in total. The lowest BCUT2D eigenvalue weighted by Crippen LogP contribution is -2.43. The lowest BCUT2D eigenvalue weighted by atomic mass is 10.0. The number of guanidine groups is 1. The highest BCUT2D eigenvalue weighted by Gasteiger charge is 2.54. The molecule has 0 radical (unpaired) electrons. The Morgan fingerprint density at radius 2 is 2.12 bits per heavy atom. The monoisotopic (exact) mass is 363 g/mol. The van der Waals surface area contributed by atoms with E-state index < -0.39 is 9.84 Å². The molecule has 0 aliphatic heterocycles. The predicted octanol–water partition coefficient (Wildman–Crippen LogP) is 1.95. The van der Waals surface area contributed by atoms with E-state index in [2.05, 4.69) is 34.9 Å². The Bertz CT molecular complexity index is 745. The van der Waals surface area contributed by atoms with Crippen LogP contribution >= 0.6 is 0 Å². The van der Waals surface area contributed by atoms with Gasteiger partial charge in [-0.05, 0) is 55.6 Å². The Morgan fingerprint density at radius 3 is 2.84 bits per heavy atom. The number of hydrogen-bond donors (Lipinski definition) is 2. The molecule has 0 bridgehead atoms. The van der Waals surface area contributed by atoms with Gasteiger partial charge >= 0.3 is 0 Å². The quantitative estimate of drug-likeness (QED) is 0.574. The molecule has 0 heterocycles. The molecule has 4 atom stereocenters. The number of fused-ring (bicyclic) bond motifs is 3. The average molecular weight is 364 g/mol. The fraction of sp³-hybridized carbons (Fsp3) is 0.632. The second kappa shape index (κ2) is 7.36. The van der Waals surface area contributed by atoms with Crippen LogP contribution in [0.5, 0.6) is 0 Å². The highest BCUT2D eigenvalue weighted by molar-refractivity contribution is 7.90. The van der Waals surface area contributed by atoms with Crippen LogP contribution in [0.15, 0.2) is 29.3 Å². The molecule has 2 aliphatic carbocycles. The molecule has 2 N–H and O–H groups in total. The van der Waals surface area contributed by atoms with E-state index in [1.54, 1.807) is 0 Å². The number of sulfone groups is 1. The van der Waals surface area contributed by atoms with E-state index in [4.69, 9.17) is 4.99 Å². The Morgan fingerprint density at radius 1 is 1.36 bits per heavy atom. The summed E-state index contributed by atoms with van der Waals surface area (Å²) in [6.07, 6.45) is 3.06. The highest BCUT2D eigenvalue weighted by atomic mass is 32.2. The van der Waals surface area contributed by atoms with E-state index in [1.165, 1.54) is 23.8 Å². The van der Waals surface area contributed by atoms with E-state index >= 15 is 0 Å². The minimum absolute atomic E-state index is 0.0759. The van der Waals surface area contributed by atoms with Gasteiger partial charge in [-0.25, -0.2) is 8.42 Å². The van der Waals surface area contributed by atoms with Crippen molar-refractivity contribution in [3.8, 4) is 0 Å². The maximum Gasteiger partial charge on any atom is 0.191 e. The van der Waals surface area contributed by atoms with Crippen molar-refractivity contribution < 1.29 is 8.42 Å². The van der Waals surface area contributed by atoms with Crippen LogP contribution in [-0.2, 0) is 16.3 Å². The molecule has 1 aromatic carbocycles. The standard InChI is InChI=1S/C19H29N3O2S/c1-4-20-19(22-13(2)9-10-25(3,23)24)21-12-17-16-11-14-7-5-6-8-15(14)18(16)17/h5-8,13,16-18H,4,9-12H2,1-3H3,(H2,20,21,22). The van der Waals surface area contributed by atoms with Gasteiger partial charge < -0.3 is 10.6 Å². The lowest BCUT2D eigenvalue weighted by Gasteiger charge is -2.17. The van der Waals surface area contributed by atoms with Gasteiger partial charge in [0.15, 0.2) is 5.96 Å². The van der Waals surface area contributed by atoms with Crippen molar-refractivity contribution in [2.75, 3.05) is 25.1 Å². The Labute approximate surface area is 151 Å². The molecule has 138 valence electrons. The second-order valence-corrected chi connectivity index (χ2v) is 9.70. The Balaban J connectivity index is 1.54. The van der Waals surface area contributed by atoms with Crippen LogP contribution in [0.3, 0.4) is 0 Å². The summed E-state index contributed by atoms with van der Waals surface area (Å²) in [4.78, 5) is 4.76. The summed E-state index contributed by atoms with van der Waals surface area (Å²) < 4.78 is 22.6. The molecule has 4 unspecified atom stereocenters. The maximum absolute atomic E-state index is 11.3. The SMILES string of the molecule is CCNC(=NCC1C2Cc3ccccc3C12)NC(C)CCS(C)(=O)=O. The van der Waals surface area contributed by atoms with Crippen molar-refractivity contribution in [2.24, 2.45) is 16.8 Å². The number of hydrogen-bond acceptors (Lipinski definition) is 3. The van der Waals surface area contributed by atoms with Gasteiger partial charge in [-0.3, -0.25) is 4.99 Å². The van der Waals surface area contributed by atoms with Gasteiger partial charge in [0.2, 0.25) is 0 Å². The van der Waals surface area contributed by atoms with Crippen LogP contribution < -0.4 is 10.6 Å². The van der Waals surface area contributed by atoms with Crippen molar-refractivity contribution in [3.05, 3.63) is 35.4 Å². The minimum atomic E-state index is -2.92. The van der Waals surface area contributed by atoms with Crippen molar-refractivity contribution >= 4 is 15.8 Å². The maximum atomic E-state index is 11.3. The van der Waals surface area contributed by atoms with Crippen molar-refractivity contribution in [2.45, 2.75) is 38.6 Å². The second-order valence-electron chi connectivity index (χ2n) is 7.44. The van der Waals surface area contributed by atoms with Crippen LogP contribution in [0.2, 0.25) is 0 Å². The number of benzene rings is 1. The average Bonchev–Trinajstić information content (AvgIpc) is 3.08. The predicted molar refractivity (Wildman–Crippen MR) is 103 cm³/mol. The molecular formula is C19H29N3O2S. The molecule has 3 rings (SSSR count). The van der Waals surface area contributed by atoms with Crippen LogP contribution in [0.4, 0.5) is 0 Å². The first-order valence-electron chi connectivity index (χ1n) is 9.19. The zero-order valence-electron chi connectivity index (χ0n) is 15.3. The van der Waals surface area contributed by atoms with Gasteiger partial charge in [0, 0.05) is 25.4 Å². The molecule has 6 heteroatoms. The van der Waals surface area contributed by atoms with Crippen molar-refractivity contribution in [3.63, 3.8) is 0 Å². The third-order valence-corrected chi connectivity index (χ3v) is 6.29. The molecule has 0 amide bonds. The molecule has 1 saturated carbocycles. The molecular weight excluding hydrogens is 334 g/mol. The van der Waals surface area contributed by atoms with Gasteiger partial charge in [-0.15, -0.1) is 0 Å². The van der Waals surface area contributed by atoms with Gasteiger partial charge in [-0.1, -0.05) is 24.3 Å². The highest BCUT2D eigenvalue weighted by Crippen LogP contribution is 2.61. The van der Waals surface area contributed by atoms with Gasteiger partial charge in [-0.2, -0.15) is 0 Å². The normalized spacial score (nSPS) is 25.9. The summed E-state index contributed by atoms with van der Waals surface area (Å²) in [6.45, 7) is 5.67. The summed E-state index contributed by atoms with van der Waals surface area (Å²) in [7, 11) is -2.92. The molecule has 25 heavy (non-hydrogen) atoms. The first-order valence-corrected chi connectivity index (χ1v) is 11.3. The fourth-order valence-electron chi connectivity index (χ4n) is 3.95. The zero-order chi connectivity index (χ0) is 18.0. The smallest absolute Gasteiger partial charge is 0.191 e. The number of nitrogens with zero attached hydrogens (tertiary/aromatic N) is 1. The van der Waals surface area contributed by atoms with Crippen LogP contribution in [0.1, 0.15) is 37.3 Å². The summed E-state index contributed by atoms with van der Waals surface area (Å²) in [5, 5.41) is 6.60. The van der Waals surface area contributed by atoms with Crippen LogP contribution in [0.25, 0.3) is 0 Å². The van der Waals surface area contributed by atoms with Gasteiger partial charge in [0.1, 0.15) is 9.84 Å². The molecule has 1 aromatic rings. The molecule has 0 spiro atoms. The number of rotatable bonds is 7. The van der Waals surface area contributed by atoms with E-state index in [1.807, 2.05) is 13.8 Å². The van der Waals surface area contributed by atoms with E-state index in [9.17, 15) is 8.42 Å². The van der Waals surface area contributed by atoms with E-state index in [0.29, 0.717) is 18.3 Å². The van der Waals surface area contributed by atoms with Crippen LogP contribution in [0, 0.1) is 11.8 Å². The third kappa shape index (κ3) is 4.54. The largest absolute Gasteiger partial charge is 0.357 e. The first kappa shape index (κ1) is 18.2. The summed E-state index contributed by atoms with van der Waals surface area (Å²) in [5.74, 6) is 3.08. The topological polar surface area (TPSA) is 70.6 Å². The fourth-order valence-corrected chi connectivity index (χ4v) is 4.73. The minimum Gasteiger partial charge on any atom is -0.357 e. The van der Waals surface area contributed by atoms with Crippen LogP contribution in [-0.4, -0.2) is 45.5 Å². The summed E-state index contributed by atoms with van der Waals surface area (Å²) in [5.41, 5.74) is 3.03. The third-order valence-electron chi connectivity index (χ3n) is 5.31. The molecule has 1 fully saturated rings. The lowest BCUT2D eigenvalue weighted by molar-refractivity contribution is 0.580. The Hall–Kier alpha value is -1.56. The van der Waals surface area contributed by atoms with Gasteiger partial charge in [0.05, 0.1) is 5.75 Å². The Kier molecular flexibility index (Phi) is 5.37. The van der Waals surface area contributed by atoms with Crippen molar-refractivity contribution in [1.82, 2.24) is 10.6 Å². The van der Waals surface area contributed by atoms with E-state index in [0.717, 1.165) is 25.0 Å². The van der Waals surface area contributed by atoms with E-state index in [-0.39, 0.29) is 11.8 Å². The molecule has 2 aliphatic rings. The van der Waals surface area contributed by atoms with Gasteiger partial charge in [0.25, 0.3) is 0 Å².